The first-order valence-corrected chi connectivity index (χ1v) is 12.0. The van der Waals surface area contributed by atoms with Crippen molar-refractivity contribution in [3.63, 3.8) is 0 Å². The second-order valence-electron chi connectivity index (χ2n) is 9.33. The highest BCUT2D eigenvalue weighted by Gasteiger charge is 2.44. The molecule has 2 aromatic carbocycles. The van der Waals surface area contributed by atoms with E-state index in [1.54, 1.807) is 18.2 Å². The lowest BCUT2D eigenvalue weighted by Gasteiger charge is -2.44. The molecule has 7 nitrogen and oxygen atoms in total. The monoisotopic (exact) mass is 474 g/mol. The minimum Gasteiger partial charge on any atom is -0.352 e. The molecule has 1 aromatic heterocycles. The van der Waals surface area contributed by atoms with E-state index in [0.29, 0.717) is 24.3 Å². The summed E-state index contributed by atoms with van der Waals surface area (Å²) in [5, 5.41) is 7.27. The van der Waals surface area contributed by atoms with Gasteiger partial charge in [-0.15, -0.1) is 0 Å². The summed E-state index contributed by atoms with van der Waals surface area (Å²) in [6, 6.07) is 16.3. The molecule has 0 saturated heterocycles. The van der Waals surface area contributed by atoms with Crippen LogP contribution in [-0.2, 0) is 17.9 Å². The van der Waals surface area contributed by atoms with Gasteiger partial charge < -0.3 is 10.2 Å². The number of hydrogen-bond donors (Lipinski definition) is 1. The van der Waals surface area contributed by atoms with Crippen molar-refractivity contribution in [1.29, 1.82) is 0 Å². The third-order valence-electron chi connectivity index (χ3n) is 7.09. The number of nitrogens with zero attached hydrogens (tertiary/aromatic N) is 3. The van der Waals surface area contributed by atoms with Crippen LogP contribution in [-0.4, -0.2) is 38.6 Å². The number of carbonyl (C=O) groups is 2. The predicted molar refractivity (Wildman–Crippen MR) is 129 cm³/mol. The maximum Gasteiger partial charge on any atom is 0.267 e. The van der Waals surface area contributed by atoms with Crippen molar-refractivity contribution < 1.29 is 14.0 Å². The second kappa shape index (κ2) is 9.44. The number of fused-ring (bicyclic) bond motifs is 1. The number of nitrogens with one attached hydrogen (secondary N) is 1. The SMILES string of the molecule is O=C(Cn1nc(-c2ccc(F)cc2)ccc1=O)NCC1(N2Cc3ccccc3C2=O)CCCCC1. The first-order valence-electron chi connectivity index (χ1n) is 12.0. The average molecular weight is 475 g/mol. The highest BCUT2D eigenvalue weighted by Crippen LogP contribution is 2.38. The quantitative estimate of drug-likeness (QED) is 0.593. The van der Waals surface area contributed by atoms with E-state index < -0.39 is 11.1 Å². The Labute approximate surface area is 202 Å². The van der Waals surface area contributed by atoms with E-state index in [1.165, 1.54) is 18.2 Å². The van der Waals surface area contributed by atoms with Crippen molar-refractivity contribution in [2.24, 2.45) is 0 Å². The summed E-state index contributed by atoms with van der Waals surface area (Å²) in [5.74, 6) is -0.690. The van der Waals surface area contributed by atoms with Crippen molar-refractivity contribution in [2.75, 3.05) is 6.54 Å². The Kier molecular flexibility index (Phi) is 6.19. The van der Waals surface area contributed by atoms with Gasteiger partial charge in [0.1, 0.15) is 12.4 Å². The van der Waals surface area contributed by atoms with Crippen LogP contribution in [0.3, 0.4) is 0 Å². The minimum absolute atomic E-state index is 0.0154. The van der Waals surface area contributed by atoms with Crippen molar-refractivity contribution in [3.8, 4) is 11.3 Å². The van der Waals surface area contributed by atoms with E-state index in [4.69, 9.17) is 0 Å². The van der Waals surface area contributed by atoms with E-state index in [0.717, 1.165) is 47.9 Å². The van der Waals surface area contributed by atoms with Gasteiger partial charge in [-0.2, -0.15) is 5.10 Å². The first-order chi connectivity index (χ1) is 16.9. The number of amides is 2. The zero-order valence-corrected chi connectivity index (χ0v) is 19.4. The number of halogens is 1. The van der Waals surface area contributed by atoms with Crippen LogP contribution in [0.5, 0.6) is 0 Å². The molecule has 2 heterocycles. The third-order valence-corrected chi connectivity index (χ3v) is 7.09. The maximum atomic E-state index is 13.2. The molecule has 1 saturated carbocycles. The molecule has 0 unspecified atom stereocenters. The smallest absolute Gasteiger partial charge is 0.267 e. The molecular weight excluding hydrogens is 447 g/mol. The summed E-state index contributed by atoms with van der Waals surface area (Å²) < 4.78 is 14.4. The Morgan fingerprint density at radius 3 is 2.46 bits per heavy atom. The summed E-state index contributed by atoms with van der Waals surface area (Å²) >= 11 is 0. The number of rotatable bonds is 6. The Bertz CT molecular complexity index is 1310. The fourth-order valence-electron chi connectivity index (χ4n) is 5.18. The highest BCUT2D eigenvalue weighted by molar-refractivity contribution is 5.98. The molecular formula is C27H27FN4O3. The molecule has 1 fully saturated rings. The van der Waals surface area contributed by atoms with E-state index in [1.807, 2.05) is 29.2 Å². The van der Waals surface area contributed by atoms with Crippen LogP contribution in [0.4, 0.5) is 4.39 Å². The second-order valence-corrected chi connectivity index (χ2v) is 9.33. The number of hydrogen-bond acceptors (Lipinski definition) is 4. The van der Waals surface area contributed by atoms with Crippen LogP contribution in [0, 0.1) is 5.82 Å². The van der Waals surface area contributed by atoms with Gasteiger partial charge in [0, 0.05) is 30.3 Å². The van der Waals surface area contributed by atoms with E-state index in [9.17, 15) is 18.8 Å². The van der Waals surface area contributed by atoms with Crippen molar-refractivity contribution in [1.82, 2.24) is 20.0 Å². The molecule has 2 aliphatic rings. The maximum absolute atomic E-state index is 13.2. The van der Waals surface area contributed by atoms with Gasteiger partial charge in [-0.05, 0) is 54.8 Å². The van der Waals surface area contributed by atoms with Crippen LogP contribution in [0.25, 0.3) is 11.3 Å². The summed E-state index contributed by atoms with van der Waals surface area (Å²) in [7, 11) is 0. The Balaban J connectivity index is 1.31. The summed E-state index contributed by atoms with van der Waals surface area (Å²) in [6.07, 6.45) is 4.75. The number of carbonyl (C=O) groups excluding carboxylic acids is 2. The highest BCUT2D eigenvalue weighted by atomic mass is 19.1. The molecule has 0 spiro atoms. The Hall–Kier alpha value is -3.81. The van der Waals surface area contributed by atoms with Crippen molar-refractivity contribution >= 4 is 11.8 Å². The molecule has 180 valence electrons. The summed E-state index contributed by atoms with van der Waals surface area (Å²) in [6.45, 7) is 0.641. The van der Waals surface area contributed by atoms with Gasteiger partial charge in [0.25, 0.3) is 11.5 Å². The molecule has 35 heavy (non-hydrogen) atoms. The Morgan fingerprint density at radius 2 is 1.71 bits per heavy atom. The van der Waals surface area contributed by atoms with E-state index in [-0.39, 0.29) is 24.2 Å². The van der Waals surface area contributed by atoms with Gasteiger partial charge in [0.2, 0.25) is 5.91 Å². The zero-order valence-electron chi connectivity index (χ0n) is 19.4. The topological polar surface area (TPSA) is 84.3 Å². The lowest BCUT2D eigenvalue weighted by atomic mass is 9.80. The lowest BCUT2D eigenvalue weighted by molar-refractivity contribution is -0.122. The first kappa shape index (κ1) is 23.0. The predicted octanol–water partition coefficient (Wildman–Crippen LogP) is 3.52. The number of benzene rings is 2. The normalized spacial score (nSPS) is 16.7. The molecule has 2 amide bonds. The largest absolute Gasteiger partial charge is 0.352 e. The van der Waals surface area contributed by atoms with E-state index in [2.05, 4.69) is 10.4 Å². The van der Waals surface area contributed by atoms with Gasteiger partial charge in [-0.1, -0.05) is 37.5 Å². The average Bonchev–Trinajstić information content (AvgIpc) is 3.22. The molecule has 0 atom stereocenters. The van der Waals surface area contributed by atoms with Gasteiger partial charge >= 0.3 is 0 Å². The fourth-order valence-corrected chi connectivity index (χ4v) is 5.18. The molecule has 5 rings (SSSR count). The van der Waals surface area contributed by atoms with Crippen LogP contribution < -0.4 is 10.9 Å². The Morgan fingerprint density at radius 1 is 0.971 bits per heavy atom. The third kappa shape index (κ3) is 4.60. The van der Waals surface area contributed by atoms with Crippen LogP contribution in [0.1, 0.15) is 48.0 Å². The molecule has 1 aliphatic heterocycles. The van der Waals surface area contributed by atoms with Gasteiger partial charge in [0.05, 0.1) is 11.2 Å². The van der Waals surface area contributed by atoms with Gasteiger partial charge in [0.15, 0.2) is 0 Å². The molecule has 1 N–H and O–H groups in total. The van der Waals surface area contributed by atoms with Gasteiger partial charge in [-0.3, -0.25) is 14.4 Å². The minimum atomic E-state index is -0.446. The summed E-state index contributed by atoms with van der Waals surface area (Å²) in [5.41, 5.74) is 2.02. The van der Waals surface area contributed by atoms with Crippen LogP contribution in [0.15, 0.2) is 65.5 Å². The molecule has 3 aromatic rings. The fraction of sp³-hybridized carbons (Fsp3) is 0.333. The molecule has 0 radical (unpaired) electrons. The van der Waals surface area contributed by atoms with Crippen LogP contribution >= 0.6 is 0 Å². The lowest BCUT2D eigenvalue weighted by Crippen LogP contribution is -2.57. The zero-order chi connectivity index (χ0) is 24.4. The molecule has 0 bridgehead atoms. The molecule has 1 aliphatic carbocycles. The molecule has 8 heteroatoms. The van der Waals surface area contributed by atoms with Crippen molar-refractivity contribution in [2.45, 2.75) is 50.7 Å². The number of aromatic nitrogens is 2. The van der Waals surface area contributed by atoms with Crippen LogP contribution in [0.2, 0.25) is 0 Å². The van der Waals surface area contributed by atoms with E-state index >= 15 is 0 Å². The standard InChI is InChI=1S/C27H27FN4O3/c28-21-10-8-19(9-11-21)23-12-13-25(34)32(30-23)17-24(33)29-18-27(14-4-1-5-15-27)31-16-20-6-2-3-7-22(20)26(31)35/h2-3,6-13H,1,4-5,14-18H2,(H,29,33). The van der Waals surface area contributed by atoms with Crippen molar-refractivity contribution in [3.05, 3.63) is 88.0 Å². The van der Waals surface area contributed by atoms with Gasteiger partial charge in [-0.25, -0.2) is 9.07 Å². The summed E-state index contributed by atoms with van der Waals surface area (Å²) in [4.78, 5) is 40.4.